The Bertz CT molecular complexity index is 1220. The molecule has 8 bridgehead atoms. The van der Waals surface area contributed by atoms with Crippen molar-refractivity contribution in [1.82, 2.24) is 19.9 Å². The summed E-state index contributed by atoms with van der Waals surface area (Å²) in [6.07, 6.45) is 7.79. The molecule has 0 amide bonds. The Kier molecular flexibility index (Phi) is 4.00. The normalized spacial score (nSPS) is 12.2. The molecule has 0 unspecified atom stereocenters. The van der Waals surface area contributed by atoms with Crippen molar-refractivity contribution in [2.24, 2.45) is 0 Å². The minimum absolute atomic E-state index is 0. The van der Waals surface area contributed by atoms with Crippen LogP contribution in [-0.2, 0) is 0 Å². The molecule has 0 aromatic carbocycles. The molecule has 6 heteroatoms. The van der Waals surface area contributed by atoms with E-state index < -0.39 is 0 Å². The van der Waals surface area contributed by atoms with E-state index in [1.807, 2.05) is 60.7 Å². The summed E-state index contributed by atoms with van der Waals surface area (Å²) < 4.78 is 0. The maximum absolute atomic E-state index is 10.2. The summed E-state index contributed by atoms with van der Waals surface area (Å²) in [5.41, 5.74) is 6.74. The first-order chi connectivity index (χ1) is 12.2. The highest BCUT2D eigenvalue weighted by Gasteiger charge is 2.03. The van der Waals surface area contributed by atoms with Crippen molar-refractivity contribution in [2.45, 2.75) is 0 Å². The van der Waals surface area contributed by atoms with Gasteiger partial charge in [0.2, 0.25) is 0 Å². The molecule has 0 radical (unpaired) electrons. The van der Waals surface area contributed by atoms with Crippen LogP contribution < -0.4 is 0 Å². The smallest absolute Gasteiger partial charge is 0.187 e. The molecule has 5 rings (SSSR count). The van der Waals surface area contributed by atoms with E-state index in [0.717, 1.165) is 39.3 Å². The standard InChI is InChI=1S/C20H14N4O.Al.3H/c25-20-11-18-9-16-4-3-14(22-16)7-12-1-2-13(21-12)8-15-5-6-17(23-15)10-19(20)24-18;;;;/h1-11,21,24-25H;;;;. The van der Waals surface area contributed by atoms with Crippen LogP contribution in [0.15, 0.2) is 42.5 Å². The van der Waals surface area contributed by atoms with Crippen LogP contribution in [0.5, 0.6) is 5.75 Å². The topological polar surface area (TPSA) is 77.6 Å². The molecule has 0 saturated carbocycles. The minimum Gasteiger partial charge on any atom is -0.506 e. The first-order valence-corrected chi connectivity index (χ1v) is 7.99. The number of aromatic nitrogens is 4. The second kappa shape index (κ2) is 6.34. The van der Waals surface area contributed by atoms with Gasteiger partial charge in [0.1, 0.15) is 5.75 Å². The molecule has 3 aromatic heterocycles. The number of rotatable bonds is 0. The van der Waals surface area contributed by atoms with Gasteiger partial charge in [-0.25, -0.2) is 9.97 Å². The van der Waals surface area contributed by atoms with Crippen LogP contribution in [0.3, 0.4) is 0 Å². The molecule has 5 heterocycles. The van der Waals surface area contributed by atoms with Crippen LogP contribution in [0.1, 0.15) is 22.8 Å². The first kappa shape index (κ1) is 16.4. The van der Waals surface area contributed by atoms with Gasteiger partial charge in [-0.1, -0.05) is 0 Å². The molecule has 0 saturated heterocycles. The summed E-state index contributed by atoms with van der Waals surface area (Å²) >= 11 is 0. The predicted octanol–water partition coefficient (Wildman–Crippen LogP) is 3.18. The Hall–Kier alpha value is -3.07. The molecular weight excluding hydrogens is 339 g/mol. The zero-order chi connectivity index (χ0) is 16.8. The third-order valence-corrected chi connectivity index (χ3v) is 4.15. The van der Waals surface area contributed by atoms with E-state index in [1.165, 1.54) is 0 Å². The van der Waals surface area contributed by atoms with Gasteiger partial charge in [-0.2, -0.15) is 0 Å². The largest absolute Gasteiger partial charge is 0.506 e. The van der Waals surface area contributed by atoms with Gasteiger partial charge >= 0.3 is 0 Å². The van der Waals surface area contributed by atoms with Gasteiger partial charge in [-0.05, 0) is 60.7 Å². The van der Waals surface area contributed by atoms with E-state index in [9.17, 15) is 5.11 Å². The predicted molar refractivity (Wildman–Crippen MR) is 110 cm³/mol. The van der Waals surface area contributed by atoms with Gasteiger partial charge in [0.05, 0.1) is 28.3 Å². The van der Waals surface area contributed by atoms with Crippen molar-refractivity contribution in [3.8, 4) is 5.75 Å². The van der Waals surface area contributed by atoms with Gasteiger partial charge in [0, 0.05) is 22.6 Å². The number of nitrogens with zero attached hydrogens (tertiary/aromatic N) is 2. The van der Waals surface area contributed by atoms with Crippen molar-refractivity contribution in [3.05, 3.63) is 65.2 Å². The lowest BCUT2D eigenvalue weighted by Gasteiger charge is -1.86. The zero-order valence-corrected chi connectivity index (χ0v) is 13.2. The van der Waals surface area contributed by atoms with Crippen LogP contribution >= 0.6 is 0 Å². The molecule has 2 aliphatic heterocycles. The summed E-state index contributed by atoms with van der Waals surface area (Å²) in [4.78, 5) is 15.7. The highest BCUT2D eigenvalue weighted by molar-refractivity contribution is 5.79. The lowest BCUT2D eigenvalue weighted by atomic mass is 10.3. The van der Waals surface area contributed by atoms with Crippen molar-refractivity contribution < 1.29 is 5.11 Å². The lowest BCUT2D eigenvalue weighted by Crippen LogP contribution is -1.75. The van der Waals surface area contributed by atoms with Crippen LogP contribution in [0, 0.1) is 0 Å². The van der Waals surface area contributed by atoms with Crippen molar-refractivity contribution in [2.75, 3.05) is 0 Å². The average Bonchev–Trinajstić information content (AvgIpc) is 3.33. The summed E-state index contributed by atoms with van der Waals surface area (Å²) in [6.45, 7) is 0. The molecule has 3 N–H and O–H groups in total. The maximum Gasteiger partial charge on any atom is 0.187 e. The molecule has 0 aliphatic carbocycles. The molecule has 126 valence electrons. The third kappa shape index (κ3) is 3.08. The van der Waals surface area contributed by atoms with Gasteiger partial charge in [-0.15, -0.1) is 0 Å². The Labute approximate surface area is 159 Å². The number of nitrogens with one attached hydrogen (secondary N) is 2. The SMILES string of the molecule is Oc1cc2cc3nc(cc4ccc(cc5nc(cc1[nH]2)C=C5)[nH]4)C=C3.[AlH3]. The van der Waals surface area contributed by atoms with Gasteiger partial charge in [0.25, 0.3) is 0 Å². The summed E-state index contributed by atoms with van der Waals surface area (Å²) in [7, 11) is 0. The molecule has 2 aliphatic rings. The van der Waals surface area contributed by atoms with E-state index in [-0.39, 0.29) is 23.1 Å². The Balaban J connectivity index is 0.00000168. The van der Waals surface area contributed by atoms with Gasteiger partial charge in [-0.3, -0.25) is 0 Å². The molecular formula is C20H17AlN4O. The van der Waals surface area contributed by atoms with Crippen LogP contribution in [0.25, 0.3) is 46.4 Å². The molecule has 0 spiro atoms. The summed E-state index contributed by atoms with van der Waals surface area (Å²) in [6, 6.07) is 13.4. The number of hydrogen-bond donors (Lipinski definition) is 3. The Morgan fingerprint density at radius 2 is 1.12 bits per heavy atom. The molecule has 0 fully saturated rings. The number of fused-ring (bicyclic) bond motifs is 8. The maximum atomic E-state index is 10.2. The van der Waals surface area contributed by atoms with Gasteiger partial charge in [0.15, 0.2) is 17.4 Å². The van der Waals surface area contributed by atoms with Crippen molar-refractivity contribution in [1.29, 1.82) is 0 Å². The molecule has 3 aromatic rings. The third-order valence-electron chi connectivity index (χ3n) is 4.15. The van der Waals surface area contributed by atoms with Crippen LogP contribution in [-0.4, -0.2) is 42.4 Å². The second-order valence-electron chi connectivity index (χ2n) is 6.06. The average molecular weight is 356 g/mol. The van der Waals surface area contributed by atoms with Crippen molar-refractivity contribution >= 4 is 63.7 Å². The Morgan fingerprint density at radius 3 is 1.69 bits per heavy atom. The van der Waals surface area contributed by atoms with E-state index >= 15 is 0 Å². The summed E-state index contributed by atoms with van der Waals surface area (Å²) in [5, 5.41) is 10.2. The Morgan fingerprint density at radius 1 is 0.615 bits per heavy atom. The monoisotopic (exact) mass is 356 g/mol. The number of H-pyrrole nitrogens is 2. The second-order valence-corrected chi connectivity index (χ2v) is 6.06. The molecule has 0 atom stereocenters. The van der Waals surface area contributed by atoms with Crippen LogP contribution in [0.4, 0.5) is 0 Å². The fourth-order valence-electron chi connectivity index (χ4n) is 3.00. The summed E-state index contributed by atoms with van der Waals surface area (Å²) in [5.74, 6) is 0.191. The van der Waals surface area contributed by atoms with E-state index in [0.29, 0.717) is 5.52 Å². The number of hydrogen-bond acceptors (Lipinski definition) is 3. The molecule has 26 heavy (non-hydrogen) atoms. The minimum atomic E-state index is 0. The molecule has 5 nitrogen and oxygen atoms in total. The van der Waals surface area contributed by atoms with E-state index in [2.05, 4.69) is 19.9 Å². The zero-order valence-electron chi connectivity index (χ0n) is 13.2. The van der Waals surface area contributed by atoms with Crippen molar-refractivity contribution in [3.63, 3.8) is 0 Å². The highest BCUT2D eigenvalue weighted by atomic mass is 27.0. The quantitative estimate of drug-likeness (QED) is 0.373. The first-order valence-electron chi connectivity index (χ1n) is 7.99. The highest BCUT2D eigenvalue weighted by Crippen LogP contribution is 2.22. The number of aromatic hydroxyl groups is 1. The van der Waals surface area contributed by atoms with E-state index in [1.54, 1.807) is 6.07 Å². The van der Waals surface area contributed by atoms with Crippen LogP contribution in [0.2, 0.25) is 0 Å². The van der Waals surface area contributed by atoms with E-state index in [4.69, 9.17) is 0 Å². The lowest BCUT2D eigenvalue weighted by molar-refractivity contribution is 0.482. The fraction of sp³-hybridized carbons (Fsp3) is 0. The van der Waals surface area contributed by atoms with Gasteiger partial charge < -0.3 is 15.1 Å². The fourth-order valence-corrected chi connectivity index (χ4v) is 3.00. The number of aromatic amines is 2.